The Morgan fingerprint density at radius 2 is 2.43 bits per heavy atom. The van der Waals surface area contributed by atoms with Crippen molar-refractivity contribution in [2.45, 2.75) is 26.2 Å². The minimum atomic E-state index is 0.331. The number of aliphatic hydroxyl groups is 1. The van der Waals surface area contributed by atoms with Gasteiger partial charge >= 0.3 is 0 Å². The van der Waals surface area contributed by atoms with Crippen molar-refractivity contribution in [3.05, 3.63) is 0 Å². The Labute approximate surface area is 91.9 Å². The van der Waals surface area contributed by atoms with Crippen LogP contribution in [0.4, 0.5) is 0 Å². The van der Waals surface area contributed by atoms with Crippen LogP contribution in [0.1, 0.15) is 26.2 Å². The lowest BCUT2D eigenvalue weighted by molar-refractivity contribution is 0.250. The Morgan fingerprint density at radius 3 is 3.07 bits per heavy atom. The highest BCUT2D eigenvalue weighted by Crippen LogP contribution is 2.18. The summed E-state index contributed by atoms with van der Waals surface area (Å²) in [4.78, 5) is 0. The zero-order valence-electron chi connectivity index (χ0n) is 9.17. The highest BCUT2D eigenvalue weighted by Gasteiger charge is 2.12. The second-order valence-corrected chi connectivity index (χ2v) is 5.51. The van der Waals surface area contributed by atoms with Crippen molar-refractivity contribution in [2.24, 2.45) is 11.8 Å². The van der Waals surface area contributed by atoms with Gasteiger partial charge in [-0.15, -0.1) is 0 Å². The third-order valence-electron chi connectivity index (χ3n) is 2.78. The van der Waals surface area contributed by atoms with Gasteiger partial charge in [0.1, 0.15) is 0 Å². The van der Waals surface area contributed by atoms with Crippen LogP contribution in [-0.2, 0) is 0 Å². The molecule has 1 saturated heterocycles. The van der Waals surface area contributed by atoms with E-state index in [-0.39, 0.29) is 0 Å². The van der Waals surface area contributed by atoms with Crippen LogP contribution < -0.4 is 5.32 Å². The first-order chi connectivity index (χ1) is 6.83. The van der Waals surface area contributed by atoms with E-state index in [2.05, 4.69) is 12.2 Å². The monoisotopic (exact) mass is 217 g/mol. The first-order valence-electron chi connectivity index (χ1n) is 5.72. The van der Waals surface area contributed by atoms with E-state index in [4.69, 9.17) is 5.11 Å². The zero-order chi connectivity index (χ0) is 10.2. The summed E-state index contributed by atoms with van der Waals surface area (Å²) in [7, 11) is 0. The molecule has 0 bridgehead atoms. The van der Waals surface area contributed by atoms with Crippen LogP contribution in [0.3, 0.4) is 0 Å². The lowest BCUT2D eigenvalue weighted by Crippen LogP contribution is -2.30. The molecule has 2 atom stereocenters. The number of thioether (sulfide) groups is 1. The second-order valence-electron chi connectivity index (χ2n) is 4.36. The molecule has 0 aliphatic carbocycles. The Kier molecular flexibility index (Phi) is 6.65. The predicted molar refractivity (Wildman–Crippen MR) is 63.8 cm³/mol. The summed E-state index contributed by atoms with van der Waals surface area (Å²) in [6.07, 6.45) is 4.10. The maximum Gasteiger partial charge on any atom is 0.0464 e. The first-order valence-corrected chi connectivity index (χ1v) is 6.87. The normalized spacial score (nSPS) is 24.9. The third-order valence-corrected chi connectivity index (χ3v) is 4.11. The molecular weight excluding hydrogens is 194 g/mol. The van der Waals surface area contributed by atoms with Crippen molar-refractivity contribution in [1.29, 1.82) is 0 Å². The van der Waals surface area contributed by atoms with E-state index in [0.717, 1.165) is 11.7 Å². The number of hydrogen-bond donors (Lipinski definition) is 2. The van der Waals surface area contributed by atoms with Crippen molar-refractivity contribution >= 4 is 11.8 Å². The Hall–Kier alpha value is 0.270. The number of hydrogen-bond acceptors (Lipinski definition) is 3. The van der Waals surface area contributed by atoms with Crippen molar-refractivity contribution in [3.63, 3.8) is 0 Å². The number of rotatable bonds is 6. The average Bonchev–Trinajstić information content (AvgIpc) is 2.25. The summed E-state index contributed by atoms with van der Waals surface area (Å²) in [6, 6.07) is 0. The van der Waals surface area contributed by atoms with Crippen LogP contribution in [0.5, 0.6) is 0 Å². The molecule has 0 saturated carbocycles. The molecule has 2 nitrogen and oxygen atoms in total. The largest absolute Gasteiger partial charge is 0.396 e. The molecule has 2 N–H and O–H groups in total. The molecule has 0 aromatic heterocycles. The van der Waals surface area contributed by atoms with Crippen LogP contribution in [-0.4, -0.2) is 36.3 Å². The molecule has 1 heterocycles. The van der Waals surface area contributed by atoms with Crippen LogP contribution in [0.25, 0.3) is 0 Å². The van der Waals surface area contributed by atoms with Gasteiger partial charge in [-0.25, -0.2) is 0 Å². The van der Waals surface area contributed by atoms with Crippen LogP contribution in [0.15, 0.2) is 0 Å². The van der Waals surface area contributed by atoms with Gasteiger partial charge in [-0.1, -0.05) is 6.92 Å². The molecule has 0 aromatic carbocycles. The Morgan fingerprint density at radius 1 is 1.57 bits per heavy atom. The Bertz CT molecular complexity index is 137. The summed E-state index contributed by atoms with van der Waals surface area (Å²) >= 11 is 1.99. The topological polar surface area (TPSA) is 32.3 Å². The zero-order valence-corrected chi connectivity index (χ0v) is 9.98. The number of piperidine rings is 1. The molecule has 14 heavy (non-hydrogen) atoms. The third kappa shape index (κ3) is 5.23. The van der Waals surface area contributed by atoms with Gasteiger partial charge in [-0.2, -0.15) is 11.8 Å². The summed E-state index contributed by atoms with van der Waals surface area (Å²) in [5, 5.41) is 12.3. The van der Waals surface area contributed by atoms with Crippen molar-refractivity contribution in [1.82, 2.24) is 5.32 Å². The second kappa shape index (κ2) is 7.55. The molecular formula is C11H23NOS. The molecule has 1 rings (SSSR count). The fraction of sp³-hybridized carbons (Fsp3) is 1.00. The predicted octanol–water partition coefficient (Wildman–Crippen LogP) is 1.74. The van der Waals surface area contributed by atoms with E-state index in [0.29, 0.717) is 12.5 Å². The molecule has 1 aliphatic rings. The molecule has 0 spiro atoms. The van der Waals surface area contributed by atoms with Gasteiger partial charge in [0, 0.05) is 6.61 Å². The van der Waals surface area contributed by atoms with Crippen molar-refractivity contribution in [2.75, 3.05) is 31.2 Å². The van der Waals surface area contributed by atoms with Gasteiger partial charge in [0.15, 0.2) is 0 Å². The average molecular weight is 217 g/mol. The summed E-state index contributed by atoms with van der Waals surface area (Å²) in [6.45, 7) is 4.87. The van der Waals surface area contributed by atoms with Crippen LogP contribution >= 0.6 is 11.8 Å². The number of nitrogens with one attached hydrogen (secondary N) is 1. The molecule has 1 aliphatic heterocycles. The van der Waals surface area contributed by atoms with E-state index in [1.807, 2.05) is 11.8 Å². The maximum atomic E-state index is 8.86. The van der Waals surface area contributed by atoms with E-state index in [1.165, 1.54) is 38.1 Å². The minimum Gasteiger partial charge on any atom is -0.396 e. The van der Waals surface area contributed by atoms with Gasteiger partial charge in [-0.3, -0.25) is 0 Å². The van der Waals surface area contributed by atoms with E-state index in [9.17, 15) is 0 Å². The van der Waals surface area contributed by atoms with Gasteiger partial charge in [0.25, 0.3) is 0 Å². The highest BCUT2D eigenvalue weighted by atomic mass is 32.2. The molecule has 0 aromatic rings. The Balaban J connectivity index is 1.92. The molecule has 0 radical (unpaired) electrons. The van der Waals surface area contributed by atoms with Crippen LogP contribution in [0, 0.1) is 11.8 Å². The maximum absolute atomic E-state index is 8.86. The van der Waals surface area contributed by atoms with Gasteiger partial charge in [-0.05, 0) is 55.7 Å². The lowest BCUT2D eigenvalue weighted by Gasteiger charge is -2.22. The molecule has 0 amide bonds. The summed E-state index contributed by atoms with van der Waals surface area (Å²) < 4.78 is 0. The minimum absolute atomic E-state index is 0.331. The fourth-order valence-corrected chi connectivity index (χ4v) is 2.93. The van der Waals surface area contributed by atoms with Crippen molar-refractivity contribution < 1.29 is 5.11 Å². The fourth-order valence-electron chi connectivity index (χ4n) is 1.76. The quantitative estimate of drug-likeness (QED) is 0.665. The first kappa shape index (κ1) is 12.3. The van der Waals surface area contributed by atoms with Gasteiger partial charge in [0.05, 0.1) is 0 Å². The SMILES string of the molecule is CC(CO)CSCCC1CCCNC1. The lowest BCUT2D eigenvalue weighted by atomic mass is 9.97. The summed E-state index contributed by atoms with van der Waals surface area (Å²) in [5.41, 5.74) is 0. The molecule has 84 valence electrons. The van der Waals surface area contributed by atoms with E-state index in [1.54, 1.807) is 0 Å². The molecule has 3 heteroatoms. The van der Waals surface area contributed by atoms with Crippen molar-refractivity contribution in [3.8, 4) is 0 Å². The van der Waals surface area contributed by atoms with Gasteiger partial charge in [0.2, 0.25) is 0 Å². The smallest absolute Gasteiger partial charge is 0.0464 e. The summed E-state index contributed by atoms with van der Waals surface area (Å²) in [5.74, 6) is 3.73. The molecule has 2 unspecified atom stereocenters. The van der Waals surface area contributed by atoms with Crippen LogP contribution in [0.2, 0.25) is 0 Å². The van der Waals surface area contributed by atoms with E-state index < -0.39 is 0 Å². The standard InChI is InChI=1S/C11H23NOS/c1-10(8-13)9-14-6-4-11-3-2-5-12-7-11/h10-13H,2-9H2,1H3. The van der Waals surface area contributed by atoms with Gasteiger partial charge < -0.3 is 10.4 Å². The van der Waals surface area contributed by atoms with E-state index >= 15 is 0 Å². The molecule has 1 fully saturated rings. The highest BCUT2D eigenvalue weighted by molar-refractivity contribution is 7.99. The number of aliphatic hydroxyl groups excluding tert-OH is 1.